The molecule has 10 heteroatoms. The lowest BCUT2D eigenvalue weighted by molar-refractivity contribution is -0.116. The zero-order valence-electron chi connectivity index (χ0n) is 12.4. The standard InChI is InChI=1S/C14H15N7O3/c15-9(22)5-18-10-6-19-11(13(17)24)14(21-10)20-8-3-1-7(2-4-8)12(16)23/h1-4,6H,5H2,(H2,15,22)(H2,16,23)(H2,17,24)(H2,18,20,21). The van der Waals surface area contributed by atoms with E-state index in [0.717, 1.165) is 0 Å². The first-order chi connectivity index (χ1) is 11.4. The summed E-state index contributed by atoms with van der Waals surface area (Å²) in [5, 5.41) is 5.52. The van der Waals surface area contributed by atoms with Gasteiger partial charge in [-0.1, -0.05) is 0 Å². The van der Waals surface area contributed by atoms with Crippen molar-refractivity contribution < 1.29 is 14.4 Å². The Morgan fingerprint density at radius 1 is 1.00 bits per heavy atom. The first kappa shape index (κ1) is 16.7. The molecule has 0 unspecified atom stereocenters. The van der Waals surface area contributed by atoms with Crippen LogP contribution in [0.15, 0.2) is 30.5 Å². The molecule has 0 spiro atoms. The average Bonchev–Trinajstić information content (AvgIpc) is 2.53. The van der Waals surface area contributed by atoms with Gasteiger partial charge in [0.2, 0.25) is 11.8 Å². The fourth-order valence-electron chi connectivity index (χ4n) is 1.77. The quantitative estimate of drug-likeness (QED) is 0.446. The summed E-state index contributed by atoms with van der Waals surface area (Å²) in [6, 6.07) is 6.18. The van der Waals surface area contributed by atoms with Crippen molar-refractivity contribution in [2.45, 2.75) is 0 Å². The van der Waals surface area contributed by atoms with Gasteiger partial charge in [-0.2, -0.15) is 0 Å². The molecule has 0 saturated heterocycles. The minimum absolute atomic E-state index is 0.0846. The van der Waals surface area contributed by atoms with E-state index in [9.17, 15) is 14.4 Å². The second-order valence-electron chi connectivity index (χ2n) is 4.70. The van der Waals surface area contributed by atoms with Gasteiger partial charge in [-0.05, 0) is 24.3 Å². The number of amides is 3. The molecule has 0 bridgehead atoms. The molecule has 2 rings (SSSR count). The summed E-state index contributed by atoms with van der Waals surface area (Å²) in [6.45, 7) is -0.142. The molecule has 0 fully saturated rings. The summed E-state index contributed by atoms with van der Waals surface area (Å²) in [6.07, 6.45) is 1.25. The first-order valence-electron chi connectivity index (χ1n) is 6.72. The third kappa shape index (κ3) is 4.16. The maximum atomic E-state index is 11.5. The fraction of sp³-hybridized carbons (Fsp3) is 0.0714. The fourth-order valence-corrected chi connectivity index (χ4v) is 1.77. The van der Waals surface area contributed by atoms with Gasteiger partial charge in [0.15, 0.2) is 11.5 Å². The maximum Gasteiger partial charge on any atom is 0.271 e. The van der Waals surface area contributed by atoms with E-state index in [0.29, 0.717) is 11.3 Å². The van der Waals surface area contributed by atoms with E-state index in [1.54, 1.807) is 12.1 Å². The molecular weight excluding hydrogens is 314 g/mol. The minimum Gasteiger partial charge on any atom is -0.368 e. The van der Waals surface area contributed by atoms with E-state index in [1.165, 1.54) is 18.3 Å². The Morgan fingerprint density at radius 3 is 2.21 bits per heavy atom. The molecule has 0 aliphatic heterocycles. The maximum absolute atomic E-state index is 11.5. The molecule has 10 nitrogen and oxygen atoms in total. The van der Waals surface area contributed by atoms with Crippen LogP contribution in [0.2, 0.25) is 0 Å². The molecule has 24 heavy (non-hydrogen) atoms. The van der Waals surface area contributed by atoms with Gasteiger partial charge in [-0.3, -0.25) is 14.4 Å². The van der Waals surface area contributed by atoms with Gasteiger partial charge in [-0.15, -0.1) is 0 Å². The van der Waals surface area contributed by atoms with Crippen LogP contribution in [-0.2, 0) is 4.79 Å². The molecule has 8 N–H and O–H groups in total. The first-order valence-corrected chi connectivity index (χ1v) is 6.72. The number of rotatable bonds is 7. The highest BCUT2D eigenvalue weighted by atomic mass is 16.2. The molecule has 1 heterocycles. The van der Waals surface area contributed by atoms with Crippen molar-refractivity contribution in [3.05, 3.63) is 41.7 Å². The summed E-state index contributed by atoms with van der Waals surface area (Å²) >= 11 is 0. The molecule has 1 aromatic heterocycles. The molecule has 0 radical (unpaired) electrons. The number of nitrogens with one attached hydrogen (secondary N) is 2. The van der Waals surface area contributed by atoms with Crippen molar-refractivity contribution >= 4 is 35.0 Å². The molecule has 124 valence electrons. The predicted octanol–water partition coefficient (Wildman–Crippen LogP) is -0.685. The highest BCUT2D eigenvalue weighted by molar-refractivity contribution is 5.96. The summed E-state index contributed by atoms with van der Waals surface area (Å²) in [7, 11) is 0. The third-order valence-electron chi connectivity index (χ3n) is 2.88. The molecular formula is C14H15N7O3. The van der Waals surface area contributed by atoms with E-state index in [-0.39, 0.29) is 23.9 Å². The number of benzene rings is 1. The number of primary amides is 3. The molecule has 3 amide bonds. The second kappa shape index (κ2) is 7.05. The number of hydrogen-bond donors (Lipinski definition) is 5. The van der Waals surface area contributed by atoms with Gasteiger partial charge in [-0.25, -0.2) is 9.97 Å². The van der Waals surface area contributed by atoms with E-state index in [2.05, 4.69) is 20.6 Å². The van der Waals surface area contributed by atoms with Gasteiger partial charge in [0, 0.05) is 11.3 Å². The Hall–Kier alpha value is -3.69. The molecule has 0 atom stereocenters. The highest BCUT2D eigenvalue weighted by Gasteiger charge is 2.13. The van der Waals surface area contributed by atoms with Gasteiger partial charge in [0.05, 0.1) is 12.7 Å². The Bertz CT molecular complexity index is 789. The summed E-state index contributed by atoms with van der Waals surface area (Å²) in [4.78, 5) is 41.4. The average molecular weight is 329 g/mol. The molecule has 2 aromatic rings. The van der Waals surface area contributed by atoms with Crippen LogP contribution in [0.3, 0.4) is 0 Å². The minimum atomic E-state index is -0.778. The number of nitrogens with zero attached hydrogens (tertiary/aromatic N) is 2. The van der Waals surface area contributed by atoms with Crippen LogP contribution in [0.25, 0.3) is 0 Å². The van der Waals surface area contributed by atoms with Crippen LogP contribution in [0.1, 0.15) is 20.8 Å². The smallest absolute Gasteiger partial charge is 0.271 e. The van der Waals surface area contributed by atoms with Gasteiger partial charge >= 0.3 is 0 Å². The van der Waals surface area contributed by atoms with E-state index in [1.807, 2.05) is 0 Å². The lowest BCUT2D eigenvalue weighted by Gasteiger charge is -2.11. The van der Waals surface area contributed by atoms with Crippen molar-refractivity contribution in [1.82, 2.24) is 9.97 Å². The number of hydrogen-bond acceptors (Lipinski definition) is 7. The van der Waals surface area contributed by atoms with Crippen LogP contribution in [-0.4, -0.2) is 34.2 Å². The van der Waals surface area contributed by atoms with Crippen LogP contribution < -0.4 is 27.8 Å². The largest absolute Gasteiger partial charge is 0.368 e. The predicted molar refractivity (Wildman–Crippen MR) is 86.5 cm³/mol. The summed E-state index contributed by atoms with van der Waals surface area (Å²) in [5.41, 5.74) is 16.3. The van der Waals surface area contributed by atoms with Crippen molar-refractivity contribution in [1.29, 1.82) is 0 Å². The zero-order valence-corrected chi connectivity index (χ0v) is 12.4. The lowest BCUT2D eigenvalue weighted by atomic mass is 10.2. The molecule has 0 saturated carbocycles. The van der Waals surface area contributed by atoms with Gasteiger partial charge in [0.1, 0.15) is 5.82 Å². The van der Waals surface area contributed by atoms with Crippen molar-refractivity contribution in [3.63, 3.8) is 0 Å². The van der Waals surface area contributed by atoms with Crippen LogP contribution in [0, 0.1) is 0 Å². The highest BCUT2D eigenvalue weighted by Crippen LogP contribution is 2.19. The number of nitrogens with two attached hydrogens (primary N) is 3. The van der Waals surface area contributed by atoms with Crippen LogP contribution in [0.5, 0.6) is 0 Å². The number of anilines is 3. The Kier molecular flexibility index (Phi) is 4.90. The van der Waals surface area contributed by atoms with Crippen molar-refractivity contribution in [2.24, 2.45) is 17.2 Å². The normalized spacial score (nSPS) is 10.0. The summed E-state index contributed by atoms with van der Waals surface area (Å²) < 4.78 is 0. The number of carbonyl (C=O) groups is 3. The number of aromatic nitrogens is 2. The van der Waals surface area contributed by atoms with Crippen LogP contribution >= 0.6 is 0 Å². The Balaban J connectivity index is 2.28. The zero-order chi connectivity index (χ0) is 17.7. The van der Waals surface area contributed by atoms with E-state index >= 15 is 0 Å². The molecule has 0 aliphatic rings. The molecule has 0 aliphatic carbocycles. The van der Waals surface area contributed by atoms with E-state index in [4.69, 9.17) is 17.2 Å². The van der Waals surface area contributed by atoms with Gasteiger partial charge in [0.25, 0.3) is 5.91 Å². The molecule has 1 aromatic carbocycles. The monoisotopic (exact) mass is 329 g/mol. The lowest BCUT2D eigenvalue weighted by Crippen LogP contribution is -2.23. The Labute approximate surface area is 136 Å². The third-order valence-corrected chi connectivity index (χ3v) is 2.88. The Morgan fingerprint density at radius 2 is 1.67 bits per heavy atom. The summed E-state index contributed by atoms with van der Waals surface area (Å²) in [5.74, 6) is -1.59. The van der Waals surface area contributed by atoms with Crippen molar-refractivity contribution in [2.75, 3.05) is 17.2 Å². The SMILES string of the molecule is NC(=O)CNc1cnc(C(N)=O)c(Nc2ccc(C(N)=O)cc2)n1. The van der Waals surface area contributed by atoms with Crippen molar-refractivity contribution in [3.8, 4) is 0 Å². The van der Waals surface area contributed by atoms with E-state index < -0.39 is 17.7 Å². The second-order valence-corrected chi connectivity index (χ2v) is 4.70. The topological polar surface area (TPSA) is 179 Å². The van der Waals surface area contributed by atoms with Crippen LogP contribution in [0.4, 0.5) is 17.3 Å². The van der Waals surface area contributed by atoms with Gasteiger partial charge < -0.3 is 27.8 Å². The number of carbonyl (C=O) groups excluding carboxylic acids is 3.